The molecule has 0 unspecified atom stereocenters. The van der Waals surface area contributed by atoms with Crippen LogP contribution < -0.4 is 0 Å². The molecule has 1 heterocycles. The Morgan fingerprint density at radius 1 is 1.14 bits per heavy atom. The van der Waals surface area contributed by atoms with Crippen LogP contribution in [-0.2, 0) is 25.8 Å². The van der Waals surface area contributed by atoms with Crippen LogP contribution in [0.3, 0.4) is 0 Å². The highest BCUT2D eigenvalue weighted by atomic mass is 32.2. The zero-order valence-electron chi connectivity index (χ0n) is 19.2. The molecule has 0 spiro atoms. The number of Topliss-reactive ketones (excluding diaryl/α,β-unsaturated/α-hetero) is 3. The van der Waals surface area contributed by atoms with Crippen LogP contribution in [0.15, 0.2) is 34.6 Å². The molecule has 0 bridgehead atoms. The number of sulfone groups is 1. The molecule has 3 fully saturated rings. The molecule has 184 valence electrons. The number of aliphatic hydroxyl groups is 1. The van der Waals surface area contributed by atoms with Crippen molar-refractivity contribution in [2.24, 2.45) is 5.92 Å². The fourth-order valence-electron chi connectivity index (χ4n) is 4.65. The summed E-state index contributed by atoms with van der Waals surface area (Å²) >= 11 is 1.19. The van der Waals surface area contributed by atoms with Crippen LogP contribution in [0, 0.1) is 5.92 Å². The number of nitrogens with zero attached hydrogens (tertiary/aromatic N) is 1. The van der Waals surface area contributed by atoms with Crippen LogP contribution in [0.4, 0.5) is 0 Å². The number of rotatable bonds is 10. The summed E-state index contributed by atoms with van der Waals surface area (Å²) in [6.45, 7) is -0.641. The first-order chi connectivity index (χ1) is 16.8. The molecule has 0 saturated heterocycles. The van der Waals surface area contributed by atoms with Gasteiger partial charge in [-0.15, -0.1) is 11.3 Å². The number of hydrogen-bond acceptors (Lipinski definition) is 8. The normalized spacial score (nSPS) is 20.9. The van der Waals surface area contributed by atoms with Gasteiger partial charge in [-0.3, -0.25) is 14.4 Å². The minimum atomic E-state index is -3.36. The third-order valence-corrected chi connectivity index (χ3v) is 10.1. The van der Waals surface area contributed by atoms with Crippen molar-refractivity contribution >= 4 is 44.1 Å². The van der Waals surface area contributed by atoms with E-state index in [4.69, 9.17) is 5.11 Å². The van der Waals surface area contributed by atoms with E-state index in [-0.39, 0.29) is 40.8 Å². The molecule has 3 aliphatic rings. The lowest BCUT2D eigenvalue weighted by molar-refractivity contribution is -0.117. The summed E-state index contributed by atoms with van der Waals surface area (Å²) < 4.78 is 26.1. The first kappa shape index (κ1) is 24.2. The molecular formula is C26H27NO6S2. The molecule has 1 aromatic carbocycles. The predicted octanol–water partition coefficient (Wildman–Crippen LogP) is 3.70. The Morgan fingerprint density at radius 3 is 2.54 bits per heavy atom. The molecule has 3 saturated carbocycles. The summed E-state index contributed by atoms with van der Waals surface area (Å²) in [5.41, 5.74) is 2.06. The van der Waals surface area contributed by atoms with E-state index in [1.54, 1.807) is 12.1 Å². The van der Waals surface area contributed by atoms with E-state index < -0.39 is 22.2 Å². The lowest BCUT2D eigenvalue weighted by Gasteiger charge is -2.15. The summed E-state index contributed by atoms with van der Waals surface area (Å²) in [5, 5.41) is 10.8. The van der Waals surface area contributed by atoms with Gasteiger partial charge in [-0.05, 0) is 67.2 Å². The minimum Gasteiger partial charge on any atom is -0.388 e. The van der Waals surface area contributed by atoms with Gasteiger partial charge in [-0.25, -0.2) is 13.4 Å². The molecule has 3 aliphatic carbocycles. The standard InChI is InChI=1S/C26H27NO6S2/c28-13-24(31)22-14-34-26(27-22)12-23(30)20(10-15-1-5-18(29)9-15)17-4-8-25(21(11-17)16-2-3-16)35(32,33)19-6-7-19/h4,8,10-11,14-16,19,28H,1-3,5-7,9,12-13H2/b20-10+/t15-/m0/s1. The Labute approximate surface area is 208 Å². The number of benzene rings is 1. The van der Waals surface area contributed by atoms with Crippen molar-refractivity contribution in [3.63, 3.8) is 0 Å². The Hall–Kier alpha value is -2.49. The zero-order chi connectivity index (χ0) is 24.7. The second-order valence-corrected chi connectivity index (χ2v) is 12.8. The largest absolute Gasteiger partial charge is 0.388 e. The molecule has 1 N–H and O–H groups in total. The van der Waals surface area contributed by atoms with Gasteiger partial charge in [0.1, 0.15) is 23.1 Å². The third-order valence-electron chi connectivity index (χ3n) is 6.89. The zero-order valence-corrected chi connectivity index (χ0v) is 20.9. The molecule has 9 heteroatoms. The third kappa shape index (κ3) is 5.22. The maximum absolute atomic E-state index is 13.5. The highest BCUT2D eigenvalue weighted by Crippen LogP contribution is 2.46. The number of thiazole rings is 1. The lowest BCUT2D eigenvalue weighted by Crippen LogP contribution is -2.12. The lowest BCUT2D eigenvalue weighted by atomic mass is 9.92. The topological polar surface area (TPSA) is 118 Å². The first-order valence-corrected chi connectivity index (χ1v) is 14.4. The Balaban J connectivity index is 1.49. The van der Waals surface area contributed by atoms with E-state index in [1.807, 2.05) is 12.1 Å². The number of aliphatic hydroxyl groups excluding tert-OH is 1. The molecule has 0 radical (unpaired) electrons. The van der Waals surface area contributed by atoms with Crippen LogP contribution in [0.25, 0.3) is 5.57 Å². The van der Waals surface area contributed by atoms with Crippen molar-refractivity contribution in [1.82, 2.24) is 4.98 Å². The van der Waals surface area contributed by atoms with Gasteiger partial charge >= 0.3 is 0 Å². The van der Waals surface area contributed by atoms with Crippen molar-refractivity contribution in [1.29, 1.82) is 0 Å². The van der Waals surface area contributed by atoms with Gasteiger partial charge in [0.15, 0.2) is 15.6 Å². The van der Waals surface area contributed by atoms with Gasteiger partial charge in [0.05, 0.1) is 16.6 Å². The van der Waals surface area contributed by atoms with E-state index in [2.05, 4.69) is 4.98 Å². The van der Waals surface area contributed by atoms with E-state index in [0.29, 0.717) is 53.1 Å². The number of carbonyl (C=O) groups excluding carboxylic acids is 3. The van der Waals surface area contributed by atoms with Crippen LogP contribution in [0.5, 0.6) is 0 Å². The van der Waals surface area contributed by atoms with Gasteiger partial charge in [-0.2, -0.15) is 0 Å². The maximum atomic E-state index is 13.5. The van der Waals surface area contributed by atoms with Crippen molar-refractivity contribution < 1.29 is 27.9 Å². The van der Waals surface area contributed by atoms with Gasteiger partial charge in [0.25, 0.3) is 0 Å². The number of hydrogen-bond donors (Lipinski definition) is 1. The number of carbonyl (C=O) groups is 3. The molecule has 0 aliphatic heterocycles. The van der Waals surface area contributed by atoms with Crippen LogP contribution >= 0.6 is 11.3 Å². The fraction of sp³-hybridized carbons (Fsp3) is 0.462. The molecule has 35 heavy (non-hydrogen) atoms. The van der Waals surface area contributed by atoms with E-state index in [1.165, 1.54) is 16.7 Å². The Bertz CT molecular complexity index is 1330. The molecule has 2 aromatic rings. The number of aromatic nitrogens is 1. The van der Waals surface area contributed by atoms with E-state index in [9.17, 15) is 22.8 Å². The second kappa shape index (κ2) is 9.52. The maximum Gasteiger partial charge on any atom is 0.207 e. The second-order valence-electron chi connectivity index (χ2n) is 9.70. The van der Waals surface area contributed by atoms with Crippen LogP contribution in [0.1, 0.15) is 77.5 Å². The highest BCUT2D eigenvalue weighted by Gasteiger charge is 2.40. The van der Waals surface area contributed by atoms with Crippen LogP contribution in [0.2, 0.25) is 0 Å². The summed E-state index contributed by atoms with van der Waals surface area (Å²) in [6, 6.07) is 5.22. The summed E-state index contributed by atoms with van der Waals surface area (Å²) in [7, 11) is -3.36. The van der Waals surface area contributed by atoms with Gasteiger partial charge < -0.3 is 5.11 Å². The van der Waals surface area contributed by atoms with Crippen LogP contribution in [-0.4, -0.2) is 47.7 Å². The summed E-state index contributed by atoms with van der Waals surface area (Å²) in [5.74, 6) is -0.366. The Kier molecular flexibility index (Phi) is 6.59. The summed E-state index contributed by atoms with van der Waals surface area (Å²) in [4.78, 5) is 41.7. The smallest absolute Gasteiger partial charge is 0.207 e. The van der Waals surface area contributed by atoms with Gasteiger partial charge in [-0.1, -0.05) is 12.1 Å². The number of allylic oxidation sites excluding steroid dienone is 2. The molecule has 1 aromatic heterocycles. The van der Waals surface area contributed by atoms with Crippen molar-refractivity contribution in [3.8, 4) is 0 Å². The Morgan fingerprint density at radius 2 is 1.91 bits per heavy atom. The van der Waals surface area contributed by atoms with Crippen molar-refractivity contribution in [2.45, 2.75) is 67.4 Å². The predicted molar refractivity (Wildman–Crippen MR) is 131 cm³/mol. The highest BCUT2D eigenvalue weighted by molar-refractivity contribution is 7.92. The van der Waals surface area contributed by atoms with E-state index in [0.717, 1.165) is 18.4 Å². The summed E-state index contributed by atoms with van der Waals surface area (Å²) in [6.07, 6.45) is 6.68. The fourth-order valence-corrected chi connectivity index (χ4v) is 7.38. The average Bonchev–Trinajstić information content (AvgIpc) is 3.77. The van der Waals surface area contributed by atoms with Crippen molar-refractivity contribution in [2.75, 3.05) is 6.61 Å². The molecule has 0 amide bonds. The average molecular weight is 514 g/mol. The van der Waals surface area contributed by atoms with E-state index >= 15 is 0 Å². The molecule has 5 rings (SSSR count). The van der Waals surface area contributed by atoms with Gasteiger partial charge in [0.2, 0.25) is 5.78 Å². The minimum absolute atomic E-state index is 0.0171. The molecule has 7 nitrogen and oxygen atoms in total. The van der Waals surface area contributed by atoms with Crippen molar-refractivity contribution in [3.05, 3.63) is 51.5 Å². The molecule has 1 atom stereocenters. The number of ketones is 3. The SMILES string of the molecule is O=C1CC[C@H](/C=C(/C(=O)Cc2nc(C(=O)CO)cs2)c2ccc(S(=O)(=O)C3CC3)c(C3CC3)c2)C1. The quantitative estimate of drug-likeness (QED) is 0.380. The van der Waals surface area contributed by atoms with Gasteiger partial charge in [0, 0.05) is 23.8 Å². The monoisotopic (exact) mass is 513 g/mol. The first-order valence-electron chi connectivity index (χ1n) is 12.0. The molecular weight excluding hydrogens is 486 g/mol.